The van der Waals surface area contributed by atoms with Gasteiger partial charge in [-0.25, -0.2) is 9.00 Å². The third-order valence-corrected chi connectivity index (χ3v) is 5.44. The number of rotatable bonds is 3. The molecule has 25 heavy (non-hydrogen) atoms. The Morgan fingerprint density at radius 1 is 1.08 bits per heavy atom. The van der Waals surface area contributed by atoms with E-state index >= 15 is 0 Å². The lowest BCUT2D eigenvalue weighted by Gasteiger charge is -2.14. The van der Waals surface area contributed by atoms with Gasteiger partial charge in [0.2, 0.25) is 0 Å². The van der Waals surface area contributed by atoms with Crippen LogP contribution in [0.4, 0.5) is 4.79 Å². The van der Waals surface area contributed by atoms with Crippen LogP contribution in [-0.2, 0) is 16.3 Å². The van der Waals surface area contributed by atoms with E-state index in [0.29, 0.717) is 16.7 Å². The molecule has 0 spiro atoms. The molecule has 1 aliphatic rings. The lowest BCUT2D eigenvalue weighted by atomic mass is 10.1. The van der Waals surface area contributed by atoms with Gasteiger partial charge in [-0.2, -0.15) is 0 Å². The number of carbonyl (C=O) groups is 3. The molecule has 3 rings (SSSR count). The zero-order valence-corrected chi connectivity index (χ0v) is 14.0. The Morgan fingerprint density at radius 2 is 1.68 bits per heavy atom. The van der Waals surface area contributed by atoms with Crippen molar-refractivity contribution in [1.82, 2.24) is 4.90 Å². The average Bonchev–Trinajstić information content (AvgIpc) is 2.80. The van der Waals surface area contributed by atoms with Crippen LogP contribution in [0.5, 0.6) is 0 Å². The van der Waals surface area contributed by atoms with Gasteiger partial charge in [0.25, 0.3) is 11.8 Å². The fourth-order valence-corrected chi connectivity index (χ4v) is 3.75. The van der Waals surface area contributed by atoms with Crippen molar-refractivity contribution in [1.29, 1.82) is 0 Å². The van der Waals surface area contributed by atoms with E-state index in [9.17, 15) is 18.6 Å². The van der Waals surface area contributed by atoms with Crippen LogP contribution in [0.1, 0.15) is 26.3 Å². The molecule has 1 unspecified atom stereocenters. The van der Waals surface area contributed by atoms with Gasteiger partial charge in [0.15, 0.2) is 0 Å². The lowest BCUT2D eigenvalue weighted by Crippen LogP contribution is -2.29. The molecular formula is C17H14N2O5S. The van der Waals surface area contributed by atoms with Crippen molar-refractivity contribution < 1.29 is 23.7 Å². The Labute approximate surface area is 144 Å². The van der Waals surface area contributed by atoms with Gasteiger partial charge in [-0.05, 0) is 29.8 Å². The second-order valence-electron chi connectivity index (χ2n) is 5.57. The zero-order chi connectivity index (χ0) is 18.2. The number of carbonyl (C=O) groups excluding carboxylic acids is 2. The molecule has 128 valence electrons. The van der Waals surface area contributed by atoms with Crippen molar-refractivity contribution >= 4 is 27.6 Å². The Morgan fingerprint density at radius 3 is 2.24 bits per heavy atom. The average molecular weight is 358 g/mol. The predicted octanol–water partition coefficient (Wildman–Crippen LogP) is 2.62. The minimum atomic E-state index is -3.11. The number of nitrogens with zero attached hydrogens (tertiary/aromatic N) is 2. The zero-order valence-electron chi connectivity index (χ0n) is 13.2. The maximum Gasteiger partial charge on any atom is 0.439 e. The van der Waals surface area contributed by atoms with Gasteiger partial charge in [-0.15, -0.1) is 4.36 Å². The van der Waals surface area contributed by atoms with Crippen LogP contribution < -0.4 is 0 Å². The van der Waals surface area contributed by atoms with Gasteiger partial charge < -0.3 is 5.11 Å². The summed E-state index contributed by atoms with van der Waals surface area (Å²) in [4.78, 5) is 36.8. The Bertz CT molecular complexity index is 986. The molecule has 0 aromatic heterocycles. The summed E-state index contributed by atoms with van der Waals surface area (Å²) in [6, 6.07) is 12.8. The Balaban J connectivity index is 1.92. The van der Waals surface area contributed by atoms with Gasteiger partial charge in [0, 0.05) is 11.2 Å². The van der Waals surface area contributed by atoms with Crippen LogP contribution in [0, 0.1) is 0 Å². The molecule has 7 nitrogen and oxygen atoms in total. The normalized spacial score (nSPS) is 15.6. The minimum absolute atomic E-state index is 0.00276. The first kappa shape index (κ1) is 16.8. The fraction of sp³-hybridized carbons (Fsp3) is 0.118. The monoisotopic (exact) mass is 358 g/mol. The molecule has 3 amide bonds. The van der Waals surface area contributed by atoms with E-state index in [1.165, 1.54) is 18.4 Å². The highest BCUT2D eigenvalue weighted by atomic mass is 32.2. The van der Waals surface area contributed by atoms with E-state index in [-0.39, 0.29) is 11.4 Å². The second kappa shape index (κ2) is 6.14. The molecule has 2 aromatic rings. The van der Waals surface area contributed by atoms with Crippen LogP contribution in [0.15, 0.2) is 57.8 Å². The van der Waals surface area contributed by atoms with Crippen LogP contribution >= 0.6 is 0 Å². The smallest absolute Gasteiger partial charge is 0.439 e. The molecule has 1 atom stereocenters. The second-order valence-corrected chi connectivity index (χ2v) is 7.82. The van der Waals surface area contributed by atoms with E-state index in [1.807, 2.05) is 0 Å². The molecule has 0 aliphatic carbocycles. The van der Waals surface area contributed by atoms with E-state index in [4.69, 9.17) is 5.11 Å². The molecular weight excluding hydrogens is 344 g/mol. The number of hydrogen-bond acceptors (Lipinski definition) is 4. The number of benzene rings is 2. The molecule has 0 saturated carbocycles. The van der Waals surface area contributed by atoms with E-state index < -0.39 is 27.6 Å². The third-order valence-electron chi connectivity index (χ3n) is 3.81. The van der Waals surface area contributed by atoms with Crippen LogP contribution in [-0.4, -0.2) is 38.4 Å². The molecule has 1 N–H and O–H groups in total. The van der Waals surface area contributed by atoms with Gasteiger partial charge in [0.1, 0.15) is 0 Å². The molecule has 2 aromatic carbocycles. The summed E-state index contributed by atoms with van der Waals surface area (Å²) in [5, 5.41) is 8.74. The first-order chi connectivity index (χ1) is 11.8. The standard InChI is InChI=1S/C17H14N2O5S/c1-25(24,18-17(22)23)12-6-4-5-11(9-12)10-19-15(20)13-7-2-3-8-14(13)16(19)21/h2-9H,10H2,1H3,(H,22,23). The number of carboxylic acid groups (broad SMARTS) is 1. The van der Waals surface area contributed by atoms with E-state index in [0.717, 1.165) is 4.90 Å². The molecule has 0 fully saturated rings. The summed E-state index contributed by atoms with van der Waals surface area (Å²) in [5.74, 6) is -0.781. The number of amides is 3. The molecule has 0 radical (unpaired) electrons. The van der Waals surface area contributed by atoms with E-state index in [2.05, 4.69) is 4.36 Å². The minimum Gasteiger partial charge on any atom is -0.463 e. The lowest BCUT2D eigenvalue weighted by molar-refractivity contribution is 0.0642. The Kier molecular flexibility index (Phi) is 4.13. The number of hydrogen-bond donors (Lipinski definition) is 1. The maximum absolute atomic E-state index is 12.4. The van der Waals surface area contributed by atoms with Crippen molar-refractivity contribution in [2.75, 3.05) is 6.26 Å². The third kappa shape index (κ3) is 3.16. The topological polar surface area (TPSA) is 104 Å². The summed E-state index contributed by atoms with van der Waals surface area (Å²) in [5.41, 5.74) is 1.26. The highest BCUT2D eigenvalue weighted by Crippen LogP contribution is 2.25. The SMILES string of the molecule is CS(=O)(=NC(=O)O)c1cccc(CN2C(=O)c3ccccc3C2=O)c1. The van der Waals surface area contributed by atoms with Crippen LogP contribution in [0.2, 0.25) is 0 Å². The highest BCUT2D eigenvalue weighted by molar-refractivity contribution is 7.93. The summed E-state index contributed by atoms with van der Waals surface area (Å²) in [6.45, 7) is 0.00276. The number of imide groups is 1. The predicted molar refractivity (Wildman–Crippen MR) is 89.9 cm³/mol. The van der Waals surface area contributed by atoms with Gasteiger partial charge in [-0.3, -0.25) is 14.5 Å². The van der Waals surface area contributed by atoms with Crippen molar-refractivity contribution in [3.63, 3.8) is 0 Å². The summed E-state index contributed by atoms with van der Waals surface area (Å²) in [7, 11) is -3.11. The van der Waals surface area contributed by atoms with Crippen LogP contribution in [0.25, 0.3) is 0 Å². The van der Waals surface area contributed by atoms with Gasteiger partial charge >= 0.3 is 6.09 Å². The molecule has 1 heterocycles. The maximum atomic E-state index is 12.4. The van der Waals surface area contributed by atoms with Crippen molar-refractivity contribution in [3.05, 3.63) is 65.2 Å². The largest absolute Gasteiger partial charge is 0.463 e. The van der Waals surface area contributed by atoms with Crippen molar-refractivity contribution in [3.8, 4) is 0 Å². The van der Waals surface area contributed by atoms with Gasteiger partial charge in [0.05, 0.1) is 27.4 Å². The first-order valence-electron chi connectivity index (χ1n) is 7.29. The fourth-order valence-electron chi connectivity index (χ4n) is 2.65. The summed E-state index contributed by atoms with van der Waals surface area (Å²) < 4.78 is 15.6. The van der Waals surface area contributed by atoms with Gasteiger partial charge in [-0.1, -0.05) is 24.3 Å². The molecule has 0 bridgehead atoms. The first-order valence-corrected chi connectivity index (χ1v) is 9.21. The molecule has 1 aliphatic heterocycles. The Hall–Kier alpha value is -3.00. The van der Waals surface area contributed by atoms with Crippen molar-refractivity contribution in [2.45, 2.75) is 11.4 Å². The molecule has 0 saturated heterocycles. The van der Waals surface area contributed by atoms with Crippen molar-refractivity contribution in [2.24, 2.45) is 4.36 Å². The van der Waals surface area contributed by atoms with E-state index in [1.54, 1.807) is 36.4 Å². The number of fused-ring (bicyclic) bond motifs is 1. The summed E-state index contributed by atoms with van der Waals surface area (Å²) >= 11 is 0. The quantitative estimate of drug-likeness (QED) is 0.849. The van der Waals surface area contributed by atoms with Crippen LogP contribution in [0.3, 0.4) is 0 Å². The summed E-state index contributed by atoms with van der Waals surface area (Å²) in [6.07, 6.45) is -0.291. The highest BCUT2D eigenvalue weighted by Gasteiger charge is 2.34. The molecule has 8 heteroatoms.